The van der Waals surface area contributed by atoms with Crippen molar-refractivity contribution < 1.29 is 15.7 Å². The highest BCUT2D eigenvalue weighted by Crippen LogP contribution is 2.20. The van der Waals surface area contributed by atoms with Gasteiger partial charge in [0.15, 0.2) is 0 Å². The van der Waals surface area contributed by atoms with Gasteiger partial charge in [0.2, 0.25) is 5.91 Å². The van der Waals surface area contributed by atoms with Crippen molar-refractivity contribution in [1.29, 1.82) is 0 Å². The van der Waals surface area contributed by atoms with Crippen molar-refractivity contribution in [2.45, 2.75) is 52.0 Å². The molecule has 2 amide bonds. The second-order valence-electron chi connectivity index (χ2n) is 4.82. The Morgan fingerprint density at radius 1 is 1.32 bits per heavy atom. The number of methoxy groups -OCH3 is 1. The zero-order valence-electron chi connectivity index (χ0n) is 13.3. The van der Waals surface area contributed by atoms with Gasteiger partial charge in [-0.05, 0) is 32.1 Å². The fourth-order valence-electron chi connectivity index (χ4n) is 2.40. The van der Waals surface area contributed by atoms with E-state index in [4.69, 9.17) is 6.11 Å². The number of piperidine rings is 1. The van der Waals surface area contributed by atoms with E-state index in [1.54, 1.807) is 4.90 Å². The predicted molar refractivity (Wildman–Crippen MR) is 73.9 cm³/mol. The molecule has 0 N–H and O–H groups in total. The second-order valence-corrected chi connectivity index (χ2v) is 4.82. The van der Waals surface area contributed by atoms with Crippen LogP contribution in [0.4, 0.5) is 4.79 Å². The van der Waals surface area contributed by atoms with E-state index in [-0.39, 0.29) is 5.91 Å². The number of rotatable bonds is 5. The summed E-state index contributed by atoms with van der Waals surface area (Å²) in [6, 6.07) is -1.50. The van der Waals surface area contributed by atoms with E-state index in [0.717, 1.165) is 25.7 Å². The van der Waals surface area contributed by atoms with Gasteiger partial charge in [-0.15, -0.1) is 0 Å². The Labute approximate surface area is 117 Å². The molecule has 19 heavy (non-hydrogen) atoms. The number of nitrogens with zero attached hydrogens (tertiary/aromatic N) is 2. The minimum absolute atomic E-state index is 0.272. The molecule has 1 atom stereocenters. The molecule has 1 saturated heterocycles. The Hall–Kier alpha value is -1.26. The van der Waals surface area contributed by atoms with E-state index in [0.29, 0.717) is 26.1 Å². The molecule has 0 aliphatic carbocycles. The van der Waals surface area contributed by atoms with Crippen molar-refractivity contribution in [2.75, 3.05) is 26.7 Å². The average molecular weight is 271 g/mol. The lowest BCUT2D eigenvalue weighted by atomic mass is 10.0. The molecule has 5 nitrogen and oxygen atoms in total. The van der Waals surface area contributed by atoms with E-state index < -0.39 is 12.1 Å². The van der Waals surface area contributed by atoms with Crippen LogP contribution in [0.3, 0.4) is 0 Å². The molecule has 110 valence electrons. The van der Waals surface area contributed by atoms with Gasteiger partial charge in [-0.3, -0.25) is 9.69 Å². The minimum Gasteiger partial charge on any atom is -0.453 e. The molecule has 0 aromatic rings. The quantitative estimate of drug-likeness (QED) is 0.770. The number of carbonyl (C=O) groups excluding carboxylic acids is 2. The van der Waals surface area contributed by atoms with E-state index in [2.05, 4.69) is 0 Å². The first kappa shape index (κ1) is 14.2. The monoisotopic (exact) mass is 271 g/mol. The number of carbonyl (C=O) groups is 2. The van der Waals surface area contributed by atoms with Gasteiger partial charge >= 0.3 is 6.09 Å². The summed E-state index contributed by atoms with van der Waals surface area (Å²) in [5, 5.41) is 0. The lowest BCUT2D eigenvalue weighted by molar-refractivity contribution is -0.137. The van der Waals surface area contributed by atoms with Gasteiger partial charge in [-0.1, -0.05) is 13.8 Å². The van der Waals surface area contributed by atoms with Crippen LogP contribution in [0.1, 0.15) is 47.3 Å². The summed E-state index contributed by atoms with van der Waals surface area (Å²) in [4.78, 5) is 27.5. The Kier molecular flexibility index (Phi) is 5.98. The number of likely N-dealkylation sites (tertiary alicyclic amines) is 1. The van der Waals surface area contributed by atoms with Gasteiger partial charge in [0.1, 0.15) is 6.02 Å². The Bertz CT molecular complexity index is 345. The highest BCUT2D eigenvalue weighted by molar-refractivity contribution is 5.86. The Morgan fingerprint density at radius 3 is 2.47 bits per heavy atom. The van der Waals surface area contributed by atoms with Gasteiger partial charge in [-0.25, -0.2) is 4.79 Å². The Morgan fingerprint density at radius 2 is 1.95 bits per heavy atom. The van der Waals surface area contributed by atoms with Crippen molar-refractivity contribution in [3.63, 3.8) is 0 Å². The van der Waals surface area contributed by atoms with Crippen molar-refractivity contribution in [3.8, 4) is 0 Å². The third-order valence-corrected chi connectivity index (χ3v) is 3.29. The lowest BCUT2D eigenvalue weighted by Crippen LogP contribution is -2.53. The summed E-state index contributed by atoms with van der Waals surface area (Å²) >= 11 is 0. The molecule has 0 aromatic heterocycles. The maximum absolute atomic E-state index is 12.7. The highest BCUT2D eigenvalue weighted by atomic mass is 16.5. The minimum atomic E-state index is -1.50. The molecule has 5 heteroatoms. The van der Waals surface area contributed by atoms with Crippen LogP contribution in [0.5, 0.6) is 0 Å². The maximum atomic E-state index is 12.7. The first-order valence-corrected chi connectivity index (χ1v) is 7.16. The molecular weight excluding hydrogens is 244 g/mol. The molecule has 0 aromatic carbocycles. The third-order valence-electron chi connectivity index (χ3n) is 3.29. The van der Waals surface area contributed by atoms with Crippen molar-refractivity contribution >= 4 is 12.0 Å². The molecule has 1 aliphatic heterocycles. The summed E-state index contributed by atoms with van der Waals surface area (Å²) in [5.41, 5.74) is 0. The van der Waals surface area contributed by atoms with E-state index in [1.165, 1.54) is 12.0 Å². The fourth-order valence-corrected chi connectivity index (χ4v) is 2.40. The highest BCUT2D eigenvalue weighted by Gasteiger charge is 2.34. The number of amides is 2. The maximum Gasteiger partial charge on any atom is 0.410 e. The number of ether oxygens (including phenoxy) is 1. The van der Waals surface area contributed by atoms with Crippen LogP contribution >= 0.6 is 0 Å². The van der Waals surface area contributed by atoms with Crippen molar-refractivity contribution in [1.82, 2.24) is 9.80 Å². The average Bonchev–Trinajstić information content (AvgIpc) is 2.46. The molecule has 0 radical (unpaired) electrons. The van der Waals surface area contributed by atoms with Crippen molar-refractivity contribution in [2.24, 2.45) is 0 Å². The zero-order valence-corrected chi connectivity index (χ0v) is 12.3. The summed E-state index contributed by atoms with van der Waals surface area (Å²) in [7, 11) is 1.29. The van der Waals surface area contributed by atoms with Crippen LogP contribution < -0.4 is 0 Å². The van der Waals surface area contributed by atoms with Gasteiger partial charge in [0.05, 0.1) is 8.48 Å². The molecule has 1 aliphatic rings. The SMILES string of the molecule is [2H]C1(C(=O)N(CCC)CCC)CCCCN1C(=O)OC. The number of hydrogen-bond donors (Lipinski definition) is 0. The second kappa shape index (κ2) is 8.02. The van der Waals surface area contributed by atoms with Gasteiger partial charge in [0.25, 0.3) is 0 Å². The largest absolute Gasteiger partial charge is 0.453 e. The van der Waals surface area contributed by atoms with Crippen LogP contribution in [0.2, 0.25) is 0 Å². The summed E-state index contributed by atoms with van der Waals surface area (Å²) < 4.78 is 13.3. The normalized spacial score (nSPS) is 23.7. The van der Waals surface area contributed by atoms with E-state index >= 15 is 0 Å². The Balaban J connectivity index is 2.96. The molecular formula is C14H26N2O3. The number of hydrogen-bond acceptors (Lipinski definition) is 3. The van der Waals surface area contributed by atoms with E-state index in [1.807, 2.05) is 13.8 Å². The summed E-state index contributed by atoms with van der Waals surface area (Å²) in [6.07, 6.45) is 3.09. The fraction of sp³-hybridized carbons (Fsp3) is 0.857. The molecule has 1 unspecified atom stereocenters. The molecule has 1 rings (SSSR count). The van der Waals surface area contributed by atoms with E-state index in [9.17, 15) is 9.59 Å². The van der Waals surface area contributed by atoms with Crippen LogP contribution in [0.15, 0.2) is 0 Å². The first-order valence-electron chi connectivity index (χ1n) is 7.66. The van der Waals surface area contributed by atoms with Crippen LogP contribution in [-0.4, -0.2) is 54.6 Å². The topological polar surface area (TPSA) is 49.9 Å². The lowest BCUT2D eigenvalue weighted by Gasteiger charge is -2.36. The van der Waals surface area contributed by atoms with Crippen LogP contribution in [-0.2, 0) is 9.53 Å². The van der Waals surface area contributed by atoms with Gasteiger partial charge in [0, 0.05) is 19.6 Å². The van der Waals surface area contributed by atoms with Crippen molar-refractivity contribution in [3.05, 3.63) is 0 Å². The van der Waals surface area contributed by atoms with Crippen LogP contribution in [0, 0.1) is 0 Å². The van der Waals surface area contributed by atoms with Gasteiger partial charge in [-0.2, -0.15) is 0 Å². The van der Waals surface area contributed by atoms with Crippen LogP contribution in [0.25, 0.3) is 0 Å². The zero-order chi connectivity index (χ0) is 15.2. The molecule has 0 spiro atoms. The smallest absolute Gasteiger partial charge is 0.410 e. The van der Waals surface area contributed by atoms with Gasteiger partial charge < -0.3 is 9.64 Å². The first-order chi connectivity index (χ1) is 9.51. The standard InChI is InChI=1S/C14H26N2O3/c1-4-9-15(10-5-2)13(17)12-8-6-7-11-16(12)14(18)19-3/h12H,4-11H2,1-3H3/i12D. The summed E-state index contributed by atoms with van der Waals surface area (Å²) in [5.74, 6) is -0.272. The summed E-state index contributed by atoms with van der Waals surface area (Å²) in [6.45, 7) is 5.68. The molecule has 1 fully saturated rings. The molecule has 0 bridgehead atoms. The third kappa shape index (κ3) is 4.11. The predicted octanol–water partition coefficient (Wildman–Crippen LogP) is 2.26. The molecule has 1 heterocycles. The molecule has 0 saturated carbocycles.